The molecule has 130 valence electrons. The van der Waals surface area contributed by atoms with E-state index in [4.69, 9.17) is 0 Å². The Kier molecular flexibility index (Phi) is 5.60. The highest BCUT2D eigenvalue weighted by Gasteiger charge is 2.17. The van der Waals surface area contributed by atoms with Gasteiger partial charge in [0, 0.05) is 38.4 Å². The van der Waals surface area contributed by atoms with E-state index in [2.05, 4.69) is 26.1 Å². The van der Waals surface area contributed by atoms with Crippen molar-refractivity contribution in [2.45, 2.75) is 49.7 Å². The van der Waals surface area contributed by atoms with Crippen molar-refractivity contribution in [2.24, 2.45) is 14.1 Å². The summed E-state index contributed by atoms with van der Waals surface area (Å²) >= 11 is 1.45. The van der Waals surface area contributed by atoms with E-state index in [-0.39, 0.29) is 5.91 Å². The number of aryl methyl sites for hydroxylation is 1. The van der Waals surface area contributed by atoms with Gasteiger partial charge in [0.25, 0.3) is 0 Å². The fourth-order valence-corrected chi connectivity index (χ4v) is 3.85. The summed E-state index contributed by atoms with van der Waals surface area (Å²) in [5.74, 6) is 1.40. The molecule has 0 saturated heterocycles. The number of thioether (sulfide) groups is 1. The second-order valence-corrected chi connectivity index (χ2v) is 7.38. The normalized spacial score (nSPS) is 15.6. The highest BCUT2D eigenvalue weighted by molar-refractivity contribution is 7.99. The van der Waals surface area contributed by atoms with Crippen LogP contribution in [0.5, 0.6) is 0 Å². The van der Waals surface area contributed by atoms with Crippen LogP contribution < -0.4 is 5.32 Å². The lowest BCUT2D eigenvalue weighted by Crippen LogP contribution is -2.37. The lowest BCUT2D eigenvalue weighted by molar-refractivity contribution is -0.119. The predicted molar refractivity (Wildman–Crippen MR) is 95.0 cm³/mol. The highest BCUT2D eigenvalue weighted by atomic mass is 32.2. The molecule has 2 aromatic heterocycles. The lowest BCUT2D eigenvalue weighted by Gasteiger charge is -2.22. The van der Waals surface area contributed by atoms with Gasteiger partial charge in [-0.25, -0.2) is 0 Å². The Bertz CT molecular complexity index is 687. The van der Waals surface area contributed by atoms with E-state index in [1.165, 1.54) is 36.7 Å². The molecule has 1 N–H and O–H groups in total. The van der Waals surface area contributed by atoms with Gasteiger partial charge in [-0.1, -0.05) is 31.0 Å². The molecule has 1 aliphatic carbocycles. The van der Waals surface area contributed by atoms with E-state index < -0.39 is 0 Å². The number of nitrogens with one attached hydrogen (secondary N) is 1. The number of aromatic nitrogens is 4. The first-order chi connectivity index (χ1) is 11.6. The van der Waals surface area contributed by atoms with Crippen molar-refractivity contribution in [1.82, 2.24) is 24.6 Å². The van der Waals surface area contributed by atoms with Gasteiger partial charge in [-0.05, 0) is 25.0 Å². The van der Waals surface area contributed by atoms with Crippen molar-refractivity contribution >= 4 is 17.7 Å². The number of hydrogen-bond donors (Lipinski definition) is 1. The third-order valence-corrected chi connectivity index (χ3v) is 5.64. The zero-order chi connectivity index (χ0) is 16.9. The summed E-state index contributed by atoms with van der Waals surface area (Å²) in [6.45, 7) is 0. The maximum absolute atomic E-state index is 12.1. The monoisotopic (exact) mass is 347 g/mol. The van der Waals surface area contributed by atoms with Crippen LogP contribution in [0.2, 0.25) is 0 Å². The largest absolute Gasteiger partial charge is 0.354 e. The van der Waals surface area contributed by atoms with Crippen LogP contribution in [0, 0.1) is 0 Å². The Balaban J connectivity index is 1.52. The average Bonchev–Trinajstić information content (AvgIpc) is 3.14. The number of hydrogen-bond acceptors (Lipinski definition) is 4. The Morgan fingerprint density at radius 3 is 2.79 bits per heavy atom. The summed E-state index contributed by atoms with van der Waals surface area (Å²) in [5.41, 5.74) is 1.19. The SMILES string of the molecule is Cn1cccc1Cc1nnc(SCC(=O)NC2CCCCC2)n1C. The minimum atomic E-state index is 0.0962. The van der Waals surface area contributed by atoms with Crippen molar-refractivity contribution in [2.75, 3.05) is 5.75 Å². The standard InChI is InChI=1S/C17H25N5OS/c1-21-10-6-9-14(21)11-15-19-20-17(22(15)2)24-12-16(23)18-13-7-4-3-5-8-13/h6,9-10,13H,3-5,7-8,11-12H2,1-2H3,(H,18,23). The van der Waals surface area contributed by atoms with Crippen LogP contribution in [0.25, 0.3) is 0 Å². The van der Waals surface area contributed by atoms with E-state index >= 15 is 0 Å². The van der Waals surface area contributed by atoms with E-state index in [1.54, 1.807) is 0 Å². The quantitative estimate of drug-likeness (QED) is 0.814. The van der Waals surface area contributed by atoms with E-state index in [1.807, 2.05) is 30.9 Å². The molecule has 24 heavy (non-hydrogen) atoms. The molecule has 0 spiro atoms. The van der Waals surface area contributed by atoms with E-state index in [9.17, 15) is 4.79 Å². The highest BCUT2D eigenvalue weighted by Crippen LogP contribution is 2.19. The van der Waals surface area contributed by atoms with Crippen molar-refractivity contribution in [3.63, 3.8) is 0 Å². The van der Waals surface area contributed by atoms with Gasteiger partial charge in [0.1, 0.15) is 5.82 Å². The average molecular weight is 347 g/mol. The van der Waals surface area contributed by atoms with Gasteiger partial charge in [-0.15, -0.1) is 10.2 Å². The van der Waals surface area contributed by atoms with Crippen molar-refractivity contribution < 1.29 is 4.79 Å². The summed E-state index contributed by atoms with van der Waals surface area (Å²) in [6, 6.07) is 4.47. The van der Waals surface area contributed by atoms with Crippen LogP contribution >= 0.6 is 11.8 Å². The first-order valence-electron chi connectivity index (χ1n) is 8.54. The molecule has 0 unspecified atom stereocenters. The van der Waals surface area contributed by atoms with Crippen LogP contribution in [-0.4, -0.2) is 37.0 Å². The zero-order valence-electron chi connectivity index (χ0n) is 14.4. The molecule has 7 heteroatoms. The zero-order valence-corrected chi connectivity index (χ0v) is 15.2. The summed E-state index contributed by atoms with van der Waals surface area (Å²) in [4.78, 5) is 12.1. The second-order valence-electron chi connectivity index (χ2n) is 6.44. The fourth-order valence-electron chi connectivity index (χ4n) is 3.11. The smallest absolute Gasteiger partial charge is 0.230 e. The Labute approximate surface area is 147 Å². The van der Waals surface area contributed by atoms with Crippen LogP contribution in [-0.2, 0) is 25.3 Å². The minimum absolute atomic E-state index is 0.0962. The van der Waals surface area contributed by atoms with Crippen LogP contribution in [0.3, 0.4) is 0 Å². The van der Waals surface area contributed by atoms with Crippen molar-refractivity contribution in [3.05, 3.63) is 29.8 Å². The number of amides is 1. The molecule has 0 atom stereocenters. The van der Waals surface area contributed by atoms with Gasteiger partial charge in [0.15, 0.2) is 5.16 Å². The molecule has 3 rings (SSSR count). The maximum Gasteiger partial charge on any atom is 0.230 e. The Morgan fingerprint density at radius 1 is 1.29 bits per heavy atom. The van der Waals surface area contributed by atoms with Crippen molar-refractivity contribution in [1.29, 1.82) is 0 Å². The summed E-state index contributed by atoms with van der Waals surface area (Å²) in [6.07, 6.45) is 8.74. The Morgan fingerprint density at radius 2 is 2.08 bits per heavy atom. The molecule has 1 fully saturated rings. The third kappa shape index (κ3) is 4.20. The van der Waals surface area contributed by atoms with E-state index in [0.29, 0.717) is 11.8 Å². The molecule has 0 aliphatic heterocycles. The Hall–Kier alpha value is -1.76. The minimum Gasteiger partial charge on any atom is -0.354 e. The third-order valence-electron chi connectivity index (χ3n) is 4.62. The summed E-state index contributed by atoms with van der Waals surface area (Å²) in [7, 11) is 3.98. The van der Waals surface area contributed by atoms with Gasteiger partial charge in [-0.3, -0.25) is 4.79 Å². The molecule has 1 aliphatic rings. The maximum atomic E-state index is 12.1. The molecule has 0 aromatic carbocycles. The molecule has 0 bridgehead atoms. The van der Waals surface area contributed by atoms with Gasteiger partial charge < -0.3 is 14.5 Å². The first-order valence-corrected chi connectivity index (χ1v) is 9.52. The fraction of sp³-hybridized carbons (Fsp3) is 0.588. The topological polar surface area (TPSA) is 64.7 Å². The number of carbonyl (C=O) groups excluding carboxylic acids is 1. The molecule has 6 nitrogen and oxygen atoms in total. The molecule has 2 aromatic rings. The molecule has 1 amide bonds. The number of rotatable bonds is 6. The van der Waals surface area contributed by atoms with Crippen molar-refractivity contribution in [3.8, 4) is 0 Å². The number of carbonyl (C=O) groups is 1. The molecule has 1 saturated carbocycles. The first kappa shape index (κ1) is 17.1. The van der Waals surface area contributed by atoms with Gasteiger partial charge in [0.05, 0.1) is 5.75 Å². The van der Waals surface area contributed by atoms with Gasteiger partial charge in [0.2, 0.25) is 5.91 Å². The van der Waals surface area contributed by atoms with Crippen LogP contribution in [0.1, 0.15) is 43.6 Å². The van der Waals surface area contributed by atoms with E-state index in [0.717, 1.165) is 30.2 Å². The lowest BCUT2D eigenvalue weighted by atomic mass is 9.95. The number of nitrogens with zero attached hydrogens (tertiary/aromatic N) is 4. The van der Waals surface area contributed by atoms with Crippen LogP contribution in [0.15, 0.2) is 23.5 Å². The molecule has 2 heterocycles. The van der Waals surface area contributed by atoms with Gasteiger partial charge in [-0.2, -0.15) is 0 Å². The summed E-state index contributed by atoms with van der Waals surface area (Å²) in [5, 5.41) is 12.4. The molecular weight excluding hydrogens is 322 g/mol. The molecular formula is C17H25N5OS. The second kappa shape index (κ2) is 7.88. The summed E-state index contributed by atoms with van der Waals surface area (Å²) < 4.78 is 4.06. The predicted octanol–water partition coefficient (Wildman–Crippen LogP) is 2.29. The van der Waals surface area contributed by atoms with Gasteiger partial charge >= 0.3 is 0 Å². The molecule has 0 radical (unpaired) electrons. The van der Waals surface area contributed by atoms with Crippen LogP contribution in [0.4, 0.5) is 0 Å².